The summed E-state index contributed by atoms with van der Waals surface area (Å²) in [6.45, 7) is 9.99. The van der Waals surface area contributed by atoms with Crippen LogP contribution in [0.25, 0.3) is 0 Å². The molecule has 1 N–H and O–H groups in total. The third kappa shape index (κ3) is 5.04. The van der Waals surface area contributed by atoms with Crippen molar-refractivity contribution in [3.8, 4) is 0 Å². The maximum Gasteiger partial charge on any atom is 0.254 e. The number of aromatic nitrogens is 1. The molecule has 0 spiro atoms. The Balaban J connectivity index is 2.57. The number of pyridine rings is 1. The van der Waals surface area contributed by atoms with Gasteiger partial charge in [0.2, 0.25) is 0 Å². The van der Waals surface area contributed by atoms with Gasteiger partial charge in [0.15, 0.2) is 0 Å². The van der Waals surface area contributed by atoms with E-state index in [1.807, 2.05) is 0 Å². The number of halogens is 2. The molecule has 0 aliphatic heterocycles. The summed E-state index contributed by atoms with van der Waals surface area (Å²) in [7, 11) is 0. The van der Waals surface area contributed by atoms with Crippen molar-refractivity contribution in [1.82, 2.24) is 15.2 Å². The topological polar surface area (TPSA) is 45.2 Å². The number of rotatable bonds is 6. The van der Waals surface area contributed by atoms with Crippen LogP contribution in [0, 0.1) is 0 Å². The van der Waals surface area contributed by atoms with E-state index in [1.54, 1.807) is 12.3 Å². The second-order valence-electron chi connectivity index (χ2n) is 5.17. The third-order valence-electron chi connectivity index (χ3n) is 3.03. The summed E-state index contributed by atoms with van der Waals surface area (Å²) in [5.74, 6) is -0.198. The third-order valence-corrected chi connectivity index (χ3v) is 3.77. The summed E-state index contributed by atoms with van der Waals surface area (Å²) in [6, 6.07) is 2.57. The van der Waals surface area contributed by atoms with Crippen molar-refractivity contribution in [3.05, 3.63) is 27.5 Å². The van der Waals surface area contributed by atoms with Crippen molar-refractivity contribution in [2.24, 2.45) is 0 Å². The quantitative estimate of drug-likeness (QED) is 0.789. The van der Waals surface area contributed by atoms with Gasteiger partial charge in [-0.05, 0) is 49.7 Å². The maximum atomic E-state index is 12.1. The smallest absolute Gasteiger partial charge is 0.254 e. The van der Waals surface area contributed by atoms with Crippen LogP contribution in [0.3, 0.4) is 0 Å². The van der Waals surface area contributed by atoms with Crippen LogP contribution < -0.4 is 5.32 Å². The molecule has 0 atom stereocenters. The van der Waals surface area contributed by atoms with Crippen molar-refractivity contribution in [1.29, 1.82) is 0 Å². The Kier molecular flexibility index (Phi) is 6.92. The molecule has 0 bridgehead atoms. The van der Waals surface area contributed by atoms with Crippen LogP contribution in [0.4, 0.5) is 0 Å². The first-order valence-electron chi connectivity index (χ1n) is 6.68. The molecule has 1 rings (SSSR count). The molecule has 0 radical (unpaired) electrons. The average molecular weight is 363 g/mol. The van der Waals surface area contributed by atoms with Crippen molar-refractivity contribution < 1.29 is 4.79 Å². The highest BCUT2D eigenvalue weighted by atomic mass is 79.9. The number of carbonyl (C=O) groups is 1. The molecule has 1 amide bonds. The number of carbonyl (C=O) groups excluding carboxylic acids is 1. The van der Waals surface area contributed by atoms with Gasteiger partial charge in [0.05, 0.1) is 5.56 Å². The monoisotopic (exact) mass is 361 g/mol. The van der Waals surface area contributed by atoms with Gasteiger partial charge in [-0.1, -0.05) is 11.6 Å². The Morgan fingerprint density at radius 1 is 1.40 bits per heavy atom. The molecular weight excluding hydrogens is 342 g/mol. The zero-order valence-electron chi connectivity index (χ0n) is 12.3. The Labute approximate surface area is 134 Å². The number of nitrogens with zero attached hydrogens (tertiary/aromatic N) is 2. The summed E-state index contributed by atoms with van der Waals surface area (Å²) in [4.78, 5) is 18.3. The van der Waals surface area contributed by atoms with Crippen LogP contribution in [0.15, 0.2) is 16.7 Å². The largest absolute Gasteiger partial charge is 0.351 e. The molecule has 0 aliphatic rings. The van der Waals surface area contributed by atoms with Gasteiger partial charge in [-0.2, -0.15) is 0 Å². The number of nitrogens with one attached hydrogen (secondary N) is 1. The summed E-state index contributed by atoms with van der Waals surface area (Å²) in [6.07, 6.45) is 1.57. The van der Waals surface area contributed by atoms with E-state index in [4.69, 9.17) is 11.6 Å². The lowest BCUT2D eigenvalue weighted by molar-refractivity contribution is 0.0939. The SMILES string of the molecule is CC(C)N(CCNC(=O)c1cc(Br)cnc1Cl)C(C)C. The first kappa shape index (κ1) is 17.4. The lowest BCUT2D eigenvalue weighted by Crippen LogP contribution is -2.42. The normalized spacial score (nSPS) is 11.4. The Morgan fingerprint density at radius 3 is 2.55 bits per heavy atom. The predicted octanol–water partition coefficient (Wildman–Crippen LogP) is 3.35. The van der Waals surface area contributed by atoms with E-state index in [-0.39, 0.29) is 11.1 Å². The van der Waals surface area contributed by atoms with Crippen LogP contribution in [0.2, 0.25) is 5.15 Å². The molecule has 1 aromatic heterocycles. The van der Waals surface area contributed by atoms with Crippen LogP contribution in [0.1, 0.15) is 38.1 Å². The second-order valence-corrected chi connectivity index (χ2v) is 6.45. The van der Waals surface area contributed by atoms with Crippen molar-refractivity contribution in [3.63, 3.8) is 0 Å². The maximum absolute atomic E-state index is 12.1. The second kappa shape index (κ2) is 7.96. The van der Waals surface area contributed by atoms with Gasteiger partial charge in [0.1, 0.15) is 5.15 Å². The van der Waals surface area contributed by atoms with E-state index in [0.717, 1.165) is 11.0 Å². The van der Waals surface area contributed by atoms with E-state index in [1.165, 1.54) is 0 Å². The van der Waals surface area contributed by atoms with Gasteiger partial charge in [-0.15, -0.1) is 0 Å². The van der Waals surface area contributed by atoms with Gasteiger partial charge in [-0.25, -0.2) is 4.98 Å². The van der Waals surface area contributed by atoms with Crippen molar-refractivity contribution in [2.45, 2.75) is 39.8 Å². The number of amides is 1. The fraction of sp³-hybridized carbons (Fsp3) is 0.571. The van der Waals surface area contributed by atoms with Gasteiger partial charge in [0, 0.05) is 35.8 Å². The standard InChI is InChI=1S/C14H21BrClN3O/c1-9(2)19(10(3)4)6-5-17-14(20)12-7-11(15)8-18-13(12)16/h7-10H,5-6H2,1-4H3,(H,17,20). The minimum Gasteiger partial charge on any atom is -0.351 e. The Morgan fingerprint density at radius 2 is 2.00 bits per heavy atom. The molecule has 1 aromatic rings. The zero-order valence-corrected chi connectivity index (χ0v) is 14.6. The molecule has 112 valence electrons. The van der Waals surface area contributed by atoms with Crippen LogP contribution in [-0.4, -0.2) is 41.0 Å². The van der Waals surface area contributed by atoms with Gasteiger partial charge in [-0.3, -0.25) is 9.69 Å². The average Bonchev–Trinajstić information content (AvgIpc) is 2.36. The highest BCUT2D eigenvalue weighted by Crippen LogP contribution is 2.17. The fourth-order valence-corrected chi connectivity index (χ4v) is 2.61. The van der Waals surface area contributed by atoms with Gasteiger partial charge >= 0.3 is 0 Å². The lowest BCUT2D eigenvalue weighted by Gasteiger charge is -2.30. The molecule has 4 nitrogen and oxygen atoms in total. The molecule has 1 heterocycles. The lowest BCUT2D eigenvalue weighted by atomic mass is 10.2. The van der Waals surface area contributed by atoms with Gasteiger partial charge < -0.3 is 5.32 Å². The molecule has 0 unspecified atom stereocenters. The highest BCUT2D eigenvalue weighted by molar-refractivity contribution is 9.10. The number of hydrogen-bond acceptors (Lipinski definition) is 3. The first-order valence-corrected chi connectivity index (χ1v) is 7.85. The minimum absolute atomic E-state index is 0.198. The first-order chi connectivity index (χ1) is 9.32. The number of hydrogen-bond donors (Lipinski definition) is 1. The summed E-state index contributed by atoms with van der Waals surface area (Å²) in [5.41, 5.74) is 0.390. The van der Waals surface area contributed by atoms with E-state index < -0.39 is 0 Å². The van der Waals surface area contributed by atoms with E-state index in [9.17, 15) is 4.79 Å². The molecule has 0 fully saturated rings. The molecule has 0 saturated heterocycles. The zero-order chi connectivity index (χ0) is 15.3. The van der Waals surface area contributed by atoms with Gasteiger partial charge in [0.25, 0.3) is 5.91 Å². The predicted molar refractivity (Wildman–Crippen MR) is 86.3 cm³/mol. The van der Waals surface area contributed by atoms with E-state index in [0.29, 0.717) is 24.2 Å². The Bertz CT molecular complexity index is 458. The summed E-state index contributed by atoms with van der Waals surface area (Å²) < 4.78 is 0.734. The van der Waals surface area contributed by atoms with Crippen LogP contribution in [-0.2, 0) is 0 Å². The van der Waals surface area contributed by atoms with Crippen molar-refractivity contribution in [2.75, 3.05) is 13.1 Å². The molecule has 0 aliphatic carbocycles. The highest BCUT2D eigenvalue weighted by Gasteiger charge is 2.15. The summed E-state index contributed by atoms with van der Waals surface area (Å²) >= 11 is 9.22. The molecular formula is C14H21BrClN3O. The van der Waals surface area contributed by atoms with Crippen LogP contribution >= 0.6 is 27.5 Å². The minimum atomic E-state index is -0.198. The molecule has 6 heteroatoms. The van der Waals surface area contributed by atoms with Crippen LogP contribution in [0.5, 0.6) is 0 Å². The van der Waals surface area contributed by atoms with Crippen molar-refractivity contribution >= 4 is 33.4 Å². The molecule has 0 aromatic carbocycles. The van der Waals surface area contributed by atoms with E-state index in [2.05, 4.69) is 58.8 Å². The summed E-state index contributed by atoms with van der Waals surface area (Å²) in [5, 5.41) is 3.10. The van der Waals surface area contributed by atoms with E-state index >= 15 is 0 Å². The Hall–Kier alpha value is -0.650. The molecule has 0 saturated carbocycles. The fourth-order valence-electron chi connectivity index (χ4n) is 2.09. The molecule has 20 heavy (non-hydrogen) atoms.